The normalized spacial score (nSPS) is 12.6. The van der Waals surface area contributed by atoms with Crippen LogP contribution in [0.15, 0.2) is 66.7 Å². The number of benzene rings is 3. The van der Waals surface area contributed by atoms with E-state index >= 15 is 0 Å². The molecule has 0 saturated carbocycles. The molecule has 0 aliphatic rings. The molecule has 3 aromatic carbocycles. The fraction of sp³-hybridized carbons (Fsp3) is 0.286. The van der Waals surface area contributed by atoms with E-state index in [9.17, 15) is 29.9 Å². The first-order valence-electron chi connectivity index (χ1n) is 11.9. The maximum absolute atomic E-state index is 13.6. The molecule has 0 bridgehead atoms. The van der Waals surface area contributed by atoms with Crippen LogP contribution >= 0.6 is 0 Å². The first kappa shape index (κ1) is 28.0. The van der Waals surface area contributed by atoms with Gasteiger partial charge in [0.1, 0.15) is 30.0 Å². The van der Waals surface area contributed by atoms with Crippen LogP contribution < -0.4 is 10.6 Å². The Balaban J connectivity index is 1.96. The van der Waals surface area contributed by atoms with Gasteiger partial charge in [0.05, 0.1) is 12.7 Å². The second-order valence-electron chi connectivity index (χ2n) is 9.55. The number of nitrogens with one attached hydrogen (secondary N) is 2. The van der Waals surface area contributed by atoms with Crippen molar-refractivity contribution in [3.05, 3.63) is 72.3 Å². The number of phenolic OH excluding ortho intramolecular Hbond substituents is 1. The summed E-state index contributed by atoms with van der Waals surface area (Å²) in [5, 5.41) is 36.1. The molecule has 2 atom stereocenters. The molecule has 0 aliphatic heterocycles. The van der Waals surface area contributed by atoms with Crippen LogP contribution in [0, 0.1) is 11.3 Å². The van der Waals surface area contributed by atoms with Crippen molar-refractivity contribution < 1.29 is 29.3 Å². The van der Waals surface area contributed by atoms with Crippen molar-refractivity contribution in [3.63, 3.8) is 0 Å². The minimum atomic E-state index is -1.48. The van der Waals surface area contributed by atoms with E-state index in [4.69, 9.17) is 4.74 Å². The van der Waals surface area contributed by atoms with Crippen molar-refractivity contribution in [2.75, 3.05) is 18.5 Å². The van der Waals surface area contributed by atoms with Crippen molar-refractivity contribution in [2.45, 2.75) is 38.5 Å². The molecular weight excluding hydrogens is 488 g/mol. The number of carbonyl (C=O) groups is 3. The number of alkyl carbamates (subject to hydrolysis) is 1. The van der Waals surface area contributed by atoms with Gasteiger partial charge in [-0.05, 0) is 61.4 Å². The van der Waals surface area contributed by atoms with Gasteiger partial charge in [-0.2, -0.15) is 5.26 Å². The van der Waals surface area contributed by atoms with Gasteiger partial charge in [0, 0.05) is 5.69 Å². The Labute approximate surface area is 220 Å². The molecular formula is C28H30N4O6. The molecule has 198 valence electrons. The third-order valence-electron chi connectivity index (χ3n) is 5.48. The van der Waals surface area contributed by atoms with Crippen molar-refractivity contribution >= 4 is 34.4 Å². The number of aliphatic hydroxyl groups is 1. The van der Waals surface area contributed by atoms with E-state index < -0.39 is 48.7 Å². The smallest absolute Gasteiger partial charge is 0.408 e. The fourth-order valence-electron chi connectivity index (χ4n) is 3.82. The highest BCUT2D eigenvalue weighted by Crippen LogP contribution is 2.27. The average molecular weight is 519 g/mol. The summed E-state index contributed by atoms with van der Waals surface area (Å²) in [4.78, 5) is 40.4. The largest absolute Gasteiger partial charge is 0.508 e. The highest BCUT2D eigenvalue weighted by atomic mass is 16.6. The van der Waals surface area contributed by atoms with Crippen LogP contribution in [0.4, 0.5) is 10.5 Å². The zero-order valence-electron chi connectivity index (χ0n) is 21.3. The van der Waals surface area contributed by atoms with Crippen LogP contribution in [0.1, 0.15) is 32.4 Å². The summed E-state index contributed by atoms with van der Waals surface area (Å²) in [6.45, 7) is 3.60. The Kier molecular flexibility index (Phi) is 8.89. The number of aliphatic hydroxyl groups excluding tert-OH is 1. The maximum Gasteiger partial charge on any atom is 0.408 e. The molecule has 10 nitrogen and oxygen atoms in total. The Morgan fingerprint density at radius 1 is 1.03 bits per heavy atom. The molecule has 0 fully saturated rings. The lowest BCUT2D eigenvalue weighted by atomic mass is 10.0. The zero-order chi connectivity index (χ0) is 27.9. The van der Waals surface area contributed by atoms with E-state index in [1.807, 2.05) is 36.4 Å². The van der Waals surface area contributed by atoms with E-state index in [0.717, 1.165) is 15.7 Å². The predicted octanol–water partition coefficient (Wildman–Crippen LogP) is 3.46. The maximum atomic E-state index is 13.6. The van der Waals surface area contributed by atoms with Crippen LogP contribution in [0.3, 0.4) is 0 Å². The summed E-state index contributed by atoms with van der Waals surface area (Å²) in [7, 11) is 0. The fourth-order valence-corrected chi connectivity index (χ4v) is 3.82. The molecule has 0 aliphatic carbocycles. The molecule has 2 unspecified atom stereocenters. The Hall–Kier alpha value is -4.62. The number of amides is 3. The standard InChI is InChI=1S/C28H30N4O6/c1-28(2,3)38-27(37)31-23(17-33)26(36)32(15-14-29)24(19-9-12-22(34)13-10-19)25(35)30-21-11-8-18-6-4-5-7-20(18)16-21/h4-13,16,23-24,33-34H,15,17H2,1-3H3,(H,30,35)(H,31,37). The average Bonchev–Trinajstić information content (AvgIpc) is 2.86. The number of fused-ring (bicyclic) bond motifs is 1. The molecule has 4 N–H and O–H groups in total. The number of phenols is 1. The van der Waals surface area contributed by atoms with Gasteiger partial charge in [0.15, 0.2) is 0 Å². The Morgan fingerprint density at radius 2 is 1.68 bits per heavy atom. The quantitative estimate of drug-likeness (QED) is 0.333. The number of carbonyl (C=O) groups excluding carboxylic acids is 3. The van der Waals surface area contributed by atoms with Gasteiger partial charge in [-0.15, -0.1) is 0 Å². The molecule has 3 aromatic rings. The minimum absolute atomic E-state index is 0.0552. The van der Waals surface area contributed by atoms with Gasteiger partial charge in [-0.25, -0.2) is 4.79 Å². The van der Waals surface area contributed by atoms with Crippen LogP contribution in [0.25, 0.3) is 10.8 Å². The molecule has 3 rings (SSSR count). The molecule has 0 heterocycles. The third kappa shape index (κ3) is 7.21. The van der Waals surface area contributed by atoms with Gasteiger partial charge in [-0.3, -0.25) is 9.59 Å². The lowest BCUT2D eigenvalue weighted by Gasteiger charge is -2.32. The number of nitriles is 1. The summed E-state index contributed by atoms with van der Waals surface area (Å²) in [5.74, 6) is -1.56. The van der Waals surface area contributed by atoms with Crippen molar-refractivity contribution in [1.82, 2.24) is 10.2 Å². The number of anilines is 1. The highest BCUT2D eigenvalue weighted by molar-refractivity contribution is 6.00. The second-order valence-corrected chi connectivity index (χ2v) is 9.55. The number of nitrogens with zero attached hydrogens (tertiary/aromatic N) is 2. The molecule has 10 heteroatoms. The van der Waals surface area contributed by atoms with E-state index in [1.165, 1.54) is 24.3 Å². The predicted molar refractivity (Wildman–Crippen MR) is 141 cm³/mol. The first-order valence-corrected chi connectivity index (χ1v) is 11.9. The van der Waals surface area contributed by atoms with E-state index in [2.05, 4.69) is 10.6 Å². The minimum Gasteiger partial charge on any atom is -0.508 e. The molecule has 0 aromatic heterocycles. The Bertz CT molecular complexity index is 1340. The lowest BCUT2D eigenvalue weighted by Crippen LogP contribution is -2.54. The Morgan fingerprint density at radius 3 is 2.29 bits per heavy atom. The van der Waals surface area contributed by atoms with Crippen LogP contribution in [0.2, 0.25) is 0 Å². The second kappa shape index (κ2) is 12.1. The van der Waals surface area contributed by atoms with Crippen molar-refractivity contribution in [2.24, 2.45) is 0 Å². The summed E-state index contributed by atoms with van der Waals surface area (Å²) in [5.41, 5.74) is -0.0839. The zero-order valence-corrected chi connectivity index (χ0v) is 21.3. The van der Waals surface area contributed by atoms with Crippen molar-refractivity contribution in [1.29, 1.82) is 5.26 Å². The summed E-state index contributed by atoms with van der Waals surface area (Å²) in [6, 6.07) is 17.6. The summed E-state index contributed by atoms with van der Waals surface area (Å²) in [6.07, 6.45) is -0.941. The molecule has 0 radical (unpaired) electrons. The third-order valence-corrected chi connectivity index (χ3v) is 5.48. The van der Waals surface area contributed by atoms with Crippen molar-refractivity contribution in [3.8, 4) is 11.8 Å². The van der Waals surface area contributed by atoms with Gasteiger partial charge in [0.2, 0.25) is 5.91 Å². The topological polar surface area (TPSA) is 152 Å². The summed E-state index contributed by atoms with van der Waals surface area (Å²) >= 11 is 0. The number of aromatic hydroxyl groups is 1. The monoisotopic (exact) mass is 518 g/mol. The van der Waals surface area contributed by atoms with E-state index in [-0.39, 0.29) is 5.75 Å². The van der Waals surface area contributed by atoms with E-state index in [0.29, 0.717) is 11.3 Å². The number of hydrogen-bond donors (Lipinski definition) is 4. The number of hydrogen-bond acceptors (Lipinski definition) is 7. The van der Waals surface area contributed by atoms with Gasteiger partial charge < -0.3 is 30.5 Å². The summed E-state index contributed by atoms with van der Waals surface area (Å²) < 4.78 is 5.18. The SMILES string of the molecule is CC(C)(C)OC(=O)NC(CO)C(=O)N(CC#N)C(C(=O)Nc1ccc2ccccc2c1)c1ccc(O)cc1. The molecule has 0 saturated heterocycles. The highest BCUT2D eigenvalue weighted by Gasteiger charge is 2.36. The first-order chi connectivity index (χ1) is 18.0. The van der Waals surface area contributed by atoms with Gasteiger partial charge in [0.25, 0.3) is 5.91 Å². The van der Waals surface area contributed by atoms with Crippen LogP contribution in [-0.4, -0.2) is 57.8 Å². The van der Waals surface area contributed by atoms with Crippen LogP contribution in [0.5, 0.6) is 5.75 Å². The van der Waals surface area contributed by atoms with Crippen LogP contribution in [-0.2, 0) is 14.3 Å². The molecule has 0 spiro atoms. The number of rotatable bonds is 8. The molecule has 38 heavy (non-hydrogen) atoms. The molecule has 3 amide bonds. The van der Waals surface area contributed by atoms with Gasteiger partial charge in [-0.1, -0.05) is 42.5 Å². The van der Waals surface area contributed by atoms with Gasteiger partial charge >= 0.3 is 6.09 Å². The number of ether oxygens (including phenoxy) is 1. The van der Waals surface area contributed by atoms with E-state index in [1.54, 1.807) is 32.9 Å². The lowest BCUT2D eigenvalue weighted by molar-refractivity contribution is -0.140.